The van der Waals surface area contributed by atoms with Crippen LogP contribution in [-0.4, -0.2) is 63.8 Å². The number of fused-ring (bicyclic) bond motifs is 7. The summed E-state index contributed by atoms with van der Waals surface area (Å²) in [5.74, 6) is 2.56. The molecule has 0 spiro atoms. The van der Waals surface area contributed by atoms with Crippen LogP contribution in [-0.2, 0) is 11.2 Å². The highest BCUT2D eigenvalue weighted by atomic mass is 32.2. The molecular formula is C40H59FN2O3S. The Morgan fingerprint density at radius 2 is 1.74 bits per heavy atom. The fourth-order valence-corrected chi connectivity index (χ4v) is 14.5. The molecule has 5 fully saturated rings. The summed E-state index contributed by atoms with van der Waals surface area (Å²) in [7, 11) is 0. The monoisotopic (exact) mass is 666 g/mol. The van der Waals surface area contributed by atoms with Crippen LogP contribution in [0.3, 0.4) is 0 Å². The van der Waals surface area contributed by atoms with Crippen LogP contribution in [0.1, 0.15) is 121 Å². The quantitative estimate of drug-likeness (QED) is 0.227. The summed E-state index contributed by atoms with van der Waals surface area (Å²) in [6, 6.07) is 4.72. The molecule has 1 aromatic carbocycles. The van der Waals surface area contributed by atoms with Crippen LogP contribution >= 0.6 is 0 Å². The number of benzene rings is 1. The largest absolute Gasteiger partial charge is 0.616 e. The van der Waals surface area contributed by atoms with Crippen molar-refractivity contribution in [3.05, 3.63) is 41.2 Å². The molecule has 8 atom stereocenters. The van der Waals surface area contributed by atoms with Crippen LogP contribution in [0.4, 0.5) is 4.39 Å². The minimum atomic E-state index is -1.21. The summed E-state index contributed by atoms with van der Waals surface area (Å²) in [4.78, 5) is 14.0. The number of carboxylic acids is 1. The second-order valence-electron chi connectivity index (χ2n) is 17.8. The van der Waals surface area contributed by atoms with Crippen molar-refractivity contribution in [2.24, 2.45) is 45.3 Å². The van der Waals surface area contributed by atoms with Crippen molar-refractivity contribution in [2.75, 3.05) is 37.7 Å². The minimum Gasteiger partial charge on any atom is -0.616 e. The highest BCUT2D eigenvalue weighted by Crippen LogP contribution is 2.76. The third-order valence-electron chi connectivity index (χ3n) is 15.8. The molecule has 0 bridgehead atoms. The van der Waals surface area contributed by atoms with E-state index in [4.69, 9.17) is 0 Å². The number of rotatable bonds is 7. The molecule has 4 saturated carbocycles. The number of carboxylic acid groups (broad SMARTS) is 1. The average molecular weight is 667 g/mol. The predicted molar refractivity (Wildman–Crippen MR) is 189 cm³/mol. The molecule has 1 aliphatic heterocycles. The van der Waals surface area contributed by atoms with Gasteiger partial charge in [0, 0.05) is 18.6 Å². The Hall–Kier alpha value is -1.41. The number of hydrogen-bond acceptors (Lipinski definition) is 4. The third-order valence-corrected chi connectivity index (χ3v) is 17.1. The second kappa shape index (κ2) is 12.1. The molecule has 5 aliphatic carbocycles. The van der Waals surface area contributed by atoms with E-state index in [1.807, 2.05) is 6.07 Å². The van der Waals surface area contributed by atoms with Crippen molar-refractivity contribution >= 4 is 22.7 Å². The number of hydrogen-bond donors (Lipinski definition) is 2. The van der Waals surface area contributed by atoms with E-state index in [2.05, 4.69) is 50.9 Å². The number of allylic oxidation sites excluding steroid dienone is 2. The first kappa shape index (κ1) is 34.1. The molecule has 7 unspecified atom stereocenters. The Labute approximate surface area is 286 Å². The highest BCUT2D eigenvalue weighted by Gasteiger charge is 2.69. The molecule has 0 amide bonds. The molecule has 7 heteroatoms. The maximum Gasteiger partial charge on any atom is 0.338 e. The number of carbonyl (C=O) groups is 1. The van der Waals surface area contributed by atoms with E-state index in [0.717, 1.165) is 61.5 Å². The predicted octanol–water partition coefficient (Wildman–Crippen LogP) is 8.17. The Morgan fingerprint density at radius 3 is 2.47 bits per heavy atom. The first-order chi connectivity index (χ1) is 22.3. The lowest BCUT2D eigenvalue weighted by Crippen LogP contribution is -2.67. The van der Waals surface area contributed by atoms with Gasteiger partial charge in [0.2, 0.25) is 0 Å². The van der Waals surface area contributed by atoms with Gasteiger partial charge in [0.05, 0.1) is 5.56 Å². The van der Waals surface area contributed by atoms with E-state index in [-0.39, 0.29) is 16.4 Å². The number of halogens is 1. The van der Waals surface area contributed by atoms with Gasteiger partial charge in [-0.1, -0.05) is 64.4 Å². The topological polar surface area (TPSA) is 75.6 Å². The summed E-state index contributed by atoms with van der Waals surface area (Å²) in [5.41, 5.74) is 2.81. The lowest BCUT2D eigenvalue weighted by atomic mass is 9.33. The SMILES string of the molecule is CC1(C)C(c2ccc(C(=O)O)c(F)c2)=CCC2(C)C1CCC1(C)C2CCC2C3CCCC3(NCCCN3CC[S+]([O-])CC3)CC[C@]21C. The number of nitrogens with one attached hydrogen (secondary N) is 1. The van der Waals surface area contributed by atoms with E-state index in [0.29, 0.717) is 28.2 Å². The molecule has 2 N–H and O–H groups in total. The van der Waals surface area contributed by atoms with Crippen molar-refractivity contribution in [3.63, 3.8) is 0 Å². The molecule has 1 heterocycles. The second-order valence-corrected chi connectivity index (χ2v) is 19.5. The fraction of sp³-hybridized carbons (Fsp3) is 0.775. The van der Waals surface area contributed by atoms with Crippen LogP contribution in [0, 0.1) is 51.1 Å². The minimum absolute atomic E-state index is 0.119. The summed E-state index contributed by atoms with van der Waals surface area (Å²) in [5, 5.41) is 13.6. The van der Waals surface area contributed by atoms with Crippen LogP contribution in [0.2, 0.25) is 0 Å². The standard InChI is InChI=1S/C40H59FN2O3S/c1-36(2)29(27-9-10-28(35(44)45)32(41)26-27)13-16-37(3)33(36)14-17-39(5)34(37)12-11-30-31-8-6-15-40(31,19-18-38(30,39)4)42-20-7-21-43-22-24-47(46)25-23-43/h9-10,13,26,30-31,33-34,42H,6-8,11-12,14-25H2,1-5H3,(H,44,45)/t30?,31?,33?,34?,37?,38-,39?,40?/m1/s1. The molecule has 5 nitrogen and oxygen atoms in total. The Kier molecular flexibility index (Phi) is 8.79. The summed E-state index contributed by atoms with van der Waals surface area (Å²) in [6.07, 6.45) is 16.4. The first-order valence-electron chi connectivity index (χ1n) is 18.8. The summed E-state index contributed by atoms with van der Waals surface area (Å²) >= 11 is -0.602. The zero-order chi connectivity index (χ0) is 33.4. The molecule has 0 radical (unpaired) electrons. The van der Waals surface area contributed by atoms with Crippen LogP contribution in [0.5, 0.6) is 0 Å². The Balaban J connectivity index is 1.09. The van der Waals surface area contributed by atoms with Gasteiger partial charge in [0.25, 0.3) is 0 Å². The van der Waals surface area contributed by atoms with Gasteiger partial charge in [-0.05, 0) is 146 Å². The van der Waals surface area contributed by atoms with Crippen LogP contribution in [0.25, 0.3) is 5.57 Å². The van der Waals surface area contributed by atoms with E-state index in [1.165, 1.54) is 81.9 Å². The normalized spacial score (nSPS) is 41.7. The first-order valence-corrected chi connectivity index (χ1v) is 20.3. The zero-order valence-corrected chi connectivity index (χ0v) is 30.5. The molecular weight excluding hydrogens is 608 g/mol. The molecule has 6 aliphatic rings. The average Bonchev–Trinajstić information content (AvgIpc) is 3.44. The third kappa shape index (κ3) is 5.30. The van der Waals surface area contributed by atoms with Crippen LogP contribution < -0.4 is 5.32 Å². The van der Waals surface area contributed by atoms with Gasteiger partial charge < -0.3 is 15.0 Å². The lowest BCUT2D eigenvalue weighted by molar-refractivity contribution is -0.217. The lowest BCUT2D eigenvalue weighted by Gasteiger charge is -2.72. The van der Waals surface area contributed by atoms with Gasteiger partial charge >= 0.3 is 5.97 Å². The molecule has 1 saturated heterocycles. The van der Waals surface area contributed by atoms with Gasteiger partial charge in [0.1, 0.15) is 17.3 Å². The van der Waals surface area contributed by atoms with Crippen molar-refractivity contribution in [1.29, 1.82) is 0 Å². The van der Waals surface area contributed by atoms with E-state index < -0.39 is 23.0 Å². The molecule has 260 valence electrons. The smallest absolute Gasteiger partial charge is 0.338 e. The Bertz CT molecular complexity index is 1410. The molecule has 1 aromatic rings. The van der Waals surface area contributed by atoms with Crippen molar-refractivity contribution in [2.45, 2.75) is 111 Å². The summed E-state index contributed by atoms with van der Waals surface area (Å²) < 4.78 is 26.6. The van der Waals surface area contributed by atoms with Gasteiger partial charge in [-0.2, -0.15) is 0 Å². The van der Waals surface area contributed by atoms with Crippen molar-refractivity contribution < 1.29 is 18.8 Å². The molecule has 47 heavy (non-hydrogen) atoms. The number of aromatic carboxylic acids is 1. The molecule has 7 rings (SSSR count). The van der Waals surface area contributed by atoms with Crippen LogP contribution in [0.15, 0.2) is 24.3 Å². The van der Waals surface area contributed by atoms with Crippen molar-refractivity contribution in [3.8, 4) is 0 Å². The highest BCUT2D eigenvalue weighted by molar-refractivity contribution is 7.91. The van der Waals surface area contributed by atoms with Gasteiger partial charge in [0.15, 0.2) is 0 Å². The van der Waals surface area contributed by atoms with E-state index in [9.17, 15) is 18.8 Å². The van der Waals surface area contributed by atoms with Gasteiger partial charge in [-0.25, -0.2) is 9.18 Å². The van der Waals surface area contributed by atoms with Gasteiger partial charge in [-0.3, -0.25) is 4.90 Å². The van der Waals surface area contributed by atoms with E-state index in [1.54, 1.807) is 0 Å². The zero-order valence-electron chi connectivity index (χ0n) is 29.6. The summed E-state index contributed by atoms with van der Waals surface area (Å²) in [6.45, 7) is 16.9. The molecule has 0 aromatic heterocycles. The maximum atomic E-state index is 14.9. The van der Waals surface area contributed by atoms with Crippen molar-refractivity contribution in [1.82, 2.24) is 10.2 Å². The fourth-order valence-electron chi connectivity index (χ4n) is 13.4. The number of nitrogens with zero attached hydrogens (tertiary/aromatic N) is 1. The Morgan fingerprint density at radius 1 is 0.979 bits per heavy atom. The van der Waals surface area contributed by atoms with E-state index >= 15 is 0 Å². The van der Waals surface area contributed by atoms with Gasteiger partial charge in [-0.15, -0.1) is 0 Å². The maximum absolute atomic E-state index is 14.9.